The molecule has 0 amide bonds. The summed E-state index contributed by atoms with van der Waals surface area (Å²) in [5, 5.41) is 9.00. The molecule has 0 aromatic heterocycles. The molecule has 0 saturated heterocycles. The fraction of sp³-hybridized carbons (Fsp3) is 0.680. The quantitative estimate of drug-likeness (QED) is 0.378. The maximum atomic E-state index is 11.4. The number of carboxylic acid groups (broad SMARTS) is 1. The molecule has 28 heavy (non-hydrogen) atoms. The standard InChI is InChI=1S/C25H38O3/c1-20(26)18-25(16-17-25)15-9-7-13-22-11-5-4-10-21(22)12-6-8-14-24(2,3)19-23(27)28/h4-5,10-11H,6-9,12-19H2,1-3H3,(H,27,28). The van der Waals surface area contributed by atoms with Gasteiger partial charge in [0.05, 0.1) is 6.42 Å². The van der Waals surface area contributed by atoms with Crippen LogP contribution >= 0.6 is 0 Å². The van der Waals surface area contributed by atoms with Crippen molar-refractivity contribution in [2.45, 2.75) is 97.8 Å². The van der Waals surface area contributed by atoms with Crippen molar-refractivity contribution in [2.75, 3.05) is 0 Å². The Kier molecular flexibility index (Phi) is 8.27. The Hall–Kier alpha value is -1.64. The van der Waals surface area contributed by atoms with E-state index in [9.17, 15) is 9.59 Å². The molecule has 1 N–H and O–H groups in total. The van der Waals surface area contributed by atoms with E-state index in [0.29, 0.717) is 11.2 Å². The Labute approximate surface area is 170 Å². The van der Waals surface area contributed by atoms with Crippen LogP contribution in [0.2, 0.25) is 0 Å². The molecule has 0 heterocycles. The number of carbonyl (C=O) groups excluding carboxylic acids is 1. The average Bonchev–Trinajstić information content (AvgIpc) is 3.34. The molecule has 1 aromatic carbocycles. The Morgan fingerprint density at radius 1 is 1.00 bits per heavy atom. The summed E-state index contributed by atoms with van der Waals surface area (Å²) < 4.78 is 0. The zero-order valence-corrected chi connectivity index (χ0v) is 18.1. The molecule has 1 aliphatic rings. The van der Waals surface area contributed by atoms with E-state index >= 15 is 0 Å². The number of aliphatic carboxylic acids is 1. The molecule has 3 heteroatoms. The van der Waals surface area contributed by atoms with Crippen LogP contribution in [0.1, 0.15) is 96.1 Å². The van der Waals surface area contributed by atoms with E-state index in [-0.39, 0.29) is 11.8 Å². The highest BCUT2D eigenvalue weighted by Gasteiger charge is 2.42. The molecule has 156 valence electrons. The fourth-order valence-electron chi connectivity index (χ4n) is 4.50. The number of hydrogen-bond acceptors (Lipinski definition) is 2. The van der Waals surface area contributed by atoms with Crippen molar-refractivity contribution in [1.29, 1.82) is 0 Å². The van der Waals surface area contributed by atoms with E-state index in [0.717, 1.165) is 38.5 Å². The minimum atomic E-state index is -0.702. The largest absolute Gasteiger partial charge is 0.481 e. The van der Waals surface area contributed by atoms with Gasteiger partial charge in [-0.1, -0.05) is 51.0 Å². The summed E-state index contributed by atoms with van der Waals surface area (Å²) in [6, 6.07) is 8.76. The first kappa shape index (κ1) is 22.6. The van der Waals surface area contributed by atoms with Gasteiger partial charge >= 0.3 is 5.97 Å². The Bertz CT molecular complexity index is 611. The Morgan fingerprint density at radius 3 is 2.07 bits per heavy atom. The van der Waals surface area contributed by atoms with Crippen molar-refractivity contribution in [1.82, 2.24) is 0 Å². The molecule has 0 bridgehead atoms. The highest BCUT2D eigenvalue weighted by Crippen LogP contribution is 2.52. The van der Waals surface area contributed by atoms with Crippen LogP contribution in [0.25, 0.3) is 0 Å². The van der Waals surface area contributed by atoms with Gasteiger partial charge in [0.15, 0.2) is 0 Å². The first-order valence-electron chi connectivity index (χ1n) is 11.0. The molecular formula is C25H38O3. The van der Waals surface area contributed by atoms with Gasteiger partial charge in [-0.15, -0.1) is 0 Å². The molecule has 1 aliphatic carbocycles. The lowest BCUT2D eigenvalue weighted by molar-refractivity contribution is -0.139. The van der Waals surface area contributed by atoms with Gasteiger partial charge in [0, 0.05) is 6.42 Å². The van der Waals surface area contributed by atoms with Gasteiger partial charge < -0.3 is 9.90 Å². The van der Waals surface area contributed by atoms with Gasteiger partial charge in [-0.25, -0.2) is 0 Å². The molecule has 0 spiro atoms. The molecule has 0 radical (unpaired) electrons. The molecule has 0 aliphatic heterocycles. The van der Waals surface area contributed by atoms with Crippen molar-refractivity contribution < 1.29 is 14.7 Å². The molecule has 0 atom stereocenters. The summed E-state index contributed by atoms with van der Waals surface area (Å²) in [6.45, 7) is 5.82. The molecule has 1 fully saturated rings. The van der Waals surface area contributed by atoms with Crippen molar-refractivity contribution >= 4 is 11.8 Å². The van der Waals surface area contributed by atoms with Crippen LogP contribution in [-0.4, -0.2) is 16.9 Å². The van der Waals surface area contributed by atoms with E-state index in [2.05, 4.69) is 24.3 Å². The fourth-order valence-corrected chi connectivity index (χ4v) is 4.50. The number of rotatable bonds is 14. The predicted molar refractivity (Wildman–Crippen MR) is 115 cm³/mol. The van der Waals surface area contributed by atoms with Crippen LogP contribution in [0.4, 0.5) is 0 Å². The van der Waals surface area contributed by atoms with Gasteiger partial charge in [0.2, 0.25) is 0 Å². The molecule has 2 rings (SSSR count). The second-order valence-corrected chi connectivity index (χ2v) is 9.80. The second-order valence-electron chi connectivity index (χ2n) is 9.80. The van der Waals surface area contributed by atoms with Crippen LogP contribution < -0.4 is 0 Å². The molecule has 1 saturated carbocycles. The third-order valence-electron chi connectivity index (χ3n) is 6.28. The van der Waals surface area contributed by atoms with Crippen LogP contribution in [0.3, 0.4) is 0 Å². The number of aryl methyl sites for hydroxylation is 2. The third-order valence-corrected chi connectivity index (χ3v) is 6.28. The number of Topliss-reactive ketones (excluding diaryl/α,β-unsaturated/α-hetero) is 1. The van der Waals surface area contributed by atoms with Crippen molar-refractivity contribution in [2.24, 2.45) is 10.8 Å². The SMILES string of the molecule is CC(=O)CC1(CCCCc2ccccc2CCCCC(C)(C)CC(=O)O)CC1. The number of ketones is 1. The second kappa shape index (κ2) is 10.2. The van der Waals surface area contributed by atoms with E-state index < -0.39 is 5.97 Å². The first-order valence-corrected chi connectivity index (χ1v) is 11.0. The average molecular weight is 387 g/mol. The lowest BCUT2D eigenvalue weighted by atomic mass is 9.83. The lowest BCUT2D eigenvalue weighted by Crippen LogP contribution is -2.16. The Balaban J connectivity index is 1.72. The van der Waals surface area contributed by atoms with Gasteiger partial charge in [0.25, 0.3) is 0 Å². The van der Waals surface area contributed by atoms with E-state index in [1.165, 1.54) is 43.2 Å². The highest BCUT2D eigenvalue weighted by molar-refractivity contribution is 5.76. The molecule has 1 aromatic rings. The normalized spacial score (nSPS) is 15.4. The van der Waals surface area contributed by atoms with Gasteiger partial charge in [0.1, 0.15) is 5.78 Å². The topological polar surface area (TPSA) is 54.4 Å². The Morgan fingerprint density at radius 2 is 1.57 bits per heavy atom. The van der Waals surface area contributed by atoms with E-state index in [1.807, 2.05) is 13.8 Å². The summed E-state index contributed by atoms with van der Waals surface area (Å²) >= 11 is 0. The van der Waals surface area contributed by atoms with Gasteiger partial charge in [-0.2, -0.15) is 0 Å². The van der Waals surface area contributed by atoms with Crippen LogP contribution in [0.5, 0.6) is 0 Å². The van der Waals surface area contributed by atoms with Crippen LogP contribution in [0.15, 0.2) is 24.3 Å². The zero-order chi connectivity index (χ0) is 20.6. The van der Waals surface area contributed by atoms with Crippen LogP contribution in [-0.2, 0) is 22.4 Å². The number of benzene rings is 1. The first-order chi connectivity index (χ1) is 13.2. The lowest BCUT2D eigenvalue weighted by Gasteiger charge is -2.22. The maximum Gasteiger partial charge on any atom is 0.303 e. The van der Waals surface area contributed by atoms with Crippen molar-refractivity contribution in [3.8, 4) is 0 Å². The summed E-state index contributed by atoms with van der Waals surface area (Å²) in [7, 11) is 0. The minimum Gasteiger partial charge on any atom is -0.481 e. The summed E-state index contributed by atoms with van der Waals surface area (Å²) in [5.41, 5.74) is 3.14. The summed E-state index contributed by atoms with van der Waals surface area (Å²) in [4.78, 5) is 22.3. The van der Waals surface area contributed by atoms with E-state index in [1.54, 1.807) is 6.92 Å². The monoisotopic (exact) mass is 386 g/mol. The number of carboxylic acids is 1. The molecule has 0 unspecified atom stereocenters. The molecular weight excluding hydrogens is 348 g/mol. The van der Waals surface area contributed by atoms with E-state index in [4.69, 9.17) is 5.11 Å². The zero-order valence-electron chi connectivity index (χ0n) is 18.1. The molecule has 3 nitrogen and oxygen atoms in total. The number of unbranched alkanes of at least 4 members (excludes halogenated alkanes) is 2. The maximum absolute atomic E-state index is 11.4. The van der Waals surface area contributed by atoms with Gasteiger partial charge in [-0.3, -0.25) is 4.79 Å². The summed E-state index contributed by atoms with van der Waals surface area (Å²) in [6.07, 6.45) is 12.5. The highest BCUT2D eigenvalue weighted by atomic mass is 16.4. The van der Waals surface area contributed by atoms with Crippen LogP contribution in [0, 0.1) is 10.8 Å². The predicted octanol–water partition coefficient (Wildman–Crippen LogP) is 6.37. The van der Waals surface area contributed by atoms with Gasteiger partial charge in [-0.05, 0) is 80.2 Å². The third kappa shape index (κ3) is 8.16. The number of hydrogen-bond donors (Lipinski definition) is 1. The van der Waals surface area contributed by atoms with Crippen molar-refractivity contribution in [3.05, 3.63) is 35.4 Å². The number of carbonyl (C=O) groups is 2. The smallest absolute Gasteiger partial charge is 0.303 e. The van der Waals surface area contributed by atoms with Crippen molar-refractivity contribution in [3.63, 3.8) is 0 Å². The minimum absolute atomic E-state index is 0.121. The summed E-state index contributed by atoms with van der Waals surface area (Å²) in [5.74, 6) is -0.360.